The van der Waals surface area contributed by atoms with Crippen molar-refractivity contribution in [3.63, 3.8) is 0 Å². The predicted octanol–water partition coefficient (Wildman–Crippen LogP) is 8.48. The van der Waals surface area contributed by atoms with Gasteiger partial charge in [-0.3, -0.25) is 0 Å². The van der Waals surface area contributed by atoms with E-state index in [1.54, 1.807) is 0 Å². The van der Waals surface area contributed by atoms with E-state index in [1.165, 1.54) is 49.7 Å². The van der Waals surface area contributed by atoms with E-state index in [1.807, 2.05) is 0 Å². The molecule has 0 saturated carbocycles. The van der Waals surface area contributed by atoms with Gasteiger partial charge in [0.25, 0.3) is 0 Å². The smallest absolute Gasteiger partial charge is 0.123 e. The normalized spacial score (nSPS) is 13.5. The van der Waals surface area contributed by atoms with Gasteiger partial charge in [-0.2, -0.15) is 0 Å². The van der Waals surface area contributed by atoms with Gasteiger partial charge in [0.05, 0.1) is 6.10 Å². The van der Waals surface area contributed by atoms with Crippen molar-refractivity contribution in [2.45, 2.75) is 118 Å². The molecule has 0 aliphatic heterocycles. The Morgan fingerprint density at radius 3 is 2.08 bits per heavy atom. The molecule has 0 heterocycles. The van der Waals surface area contributed by atoms with E-state index < -0.39 is 0 Å². The van der Waals surface area contributed by atoms with Crippen LogP contribution in [0.4, 0.5) is 0 Å². The average Bonchev–Trinajstić information content (AvgIpc) is 2.55. The van der Waals surface area contributed by atoms with Crippen molar-refractivity contribution in [3.05, 3.63) is 29.3 Å². The van der Waals surface area contributed by atoms with Crippen LogP contribution in [0, 0.1) is 5.41 Å². The number of unbranched alkanes of at least 4 members (excludes halogenated alkanes) is 3. The lowest BCUT2D eigenvalue weighted by atomic mass is 9.89. The monoisotopic (exact) mass is 360 g/mol. The maximum absolute atomic E-state index is 6.51. The Bertz CT molecular complexity index is 507. The number of benzene rings is 1. The van der Waals surface area contributed by atoms with Crippen molar-refractivity contribution in [2.75, 3.05) is 0 Å². The summed E-state index contributed by atoms with van der Waals surface area (Å²) in [7, 11) is 0. The first-order valence-corrected chi connectivity index (χ1v) is 10.9. The van der Waals surface area contributed by atoms with E-state index in [4.69, 9.17) is 4.74 Å². The summed E-state index contributed by atoms with van der Waals surface area (Å²) in [6, 6.07) is 6.60. The molecule has 0 aliphatic carbocycles. The highest BCUT2D eigenvalue weighted by atomic mass is 16.5. The van der Waals surface area contributed by atoms with Crippen LogP contribution in [0.2, 0.25) is 0 Å². The molecule has 1 heteroatoms. The molecule has 0 saturated heterocycles. The third-order valence-electron chi connectivity index (χ3n) is 5.25. The van der Waals surface area contributed by atoms with E-state index >= 15 is 0 Å². The standard InChI is InChI=1S/C25H44O/c1-9-21(15-12-10-11-13-18-25(6,7)8)26-23-17-14-16-22(19(2)3)24(23)20(4)5/h14,16-17,19-21H,9-13,15,18H2,1-8H3. The van der Waals surface area contributed by atoms with E-state index in [2.05, 4.69) is 73.6 Å². The third kappa shape index (κ3) is 8.14. The van der Waals surface area contributed by atoms with Gasteiger partial charge in [-0.05, 0) is 54.6 Å². The van der Waals surface area contributed by atoms with Crippen LogP contribution in [0.25, 0.3) is 0 Å². The molecular formula is C25H44O. The lowest BCUT2D eigenvalue weighted by Crippen LogP contribution is -2.17. The number of ether oxygens (including phenoxy) is 1. The molecule has 26 heavy (non-hydrogen) atoms. The molecule has 0 aliphatic rings. The van der Waals surface area contributed by atoms with Crippen LogP contribution in [-0.2, 0) is 0 Å². The summed E-state index contributed by atoms with van der Waals surface area (Å²) in [4.78, 5) is 0. The van der Waals surface area contributed by atoms with E-state index in [9.17, 15) is 0 Å². The Labute approximate surface area is 163 Å². The van der Waals surface area contributed by atoms with Crippen LogP contribution in [0.5, 0.6) is 5.75 Å². The van der Waals surface area contributed by atoms with Crippen molar-refractivity contribution in [1.82, 2.24) is 0 Å². The van der Waals surface area contributed by atoms with Gasteiger partial charge >= 0.3 is 0 Å². The lowest BCUT2D eigenvalue weighted by molar-refractivity contribution is 0.179. The predicted molar refractivity (Wildman–Crippen MR) is 116 cm³/mol. The maximum Gasteiger partial charge on any atom is 0.123 e. The molecule has 1 rings (SSSR count). The van der Waals surface area contributed by atoms with E-state index in [-0.39, 0.29) is 0 Å². The molecule has 1 aromatic rings. The molecular weight excluding hydrogens is 316 g/mol. The van der Waals surface area contributed by atoms with Gasteiger partial charge in [-0.15, -0.1) is 0 Å². The Kier molecular flexibility index (Phi) is 9.75. The molecule has 0 amide bonds. The second-order valence-electron chi connectivity index (χ2n) is 9.73. The van der Waals surface area contributed by atoms with Gasteiger partial charge in [-0.1, -0.05) is 86.8 Å². The summed E-state index contributed by atoms with van der Waals surface area (Å²) in [5.74, 6) is 2.16. The topological polar surface area (TPSA) is 9.23 Å². The highest BCUT2D eigenvalue weighted by Gasteiger charge is 2.18. The van der Waals surface area contributed by atoms with Crippen LogP contribution in [0.15, 0.2) is 18.2 Å². The molecule has 0 N–H and O–H groups in total. The highest BCUT2D eigenvalue weighted by Crippen LogP contribution is 2.35. The second kappa shape index (κ2) is 11.0. The summed E-state index contributed by atoms with van der Waals surface area (Å²) in [6.07, 6.45) is 9.27. The zero-order valence-electron chi connectivity index (χ0n) is 18.8. The fraction of sp³-hybridized carbons (Fsp3) is 0.760. The third-order valence-corrected chi connectivity index (χ3v) is 5.25. The van der Waals surface area contributed by atoms with E-state index in [0.717, 1.165) is 12.2 Å². The van der Waals surface area contributed by atoms with E-state index in [0.29, 0.717) is 23.4 Å². The Balaban J connectivity index is 2.59. The molecule has 150 valence electrons. The fourth-order valence-corrected chi connectivity index (χ4v) is 3.69. The van der Waals surface area contributed by atoms with Crippen molar-refractivity contribution >= 4 is 0 Å². The van der Waals surface area contributed by atoms with Crippen molar-refractivity contribution < 1.29 is 4.74 Å². The molecule has 0 fully saturated rings. The molecule has 0 bridgehead atoms. The molecule has 1 unspecified atom stereocenters. The molecule has 1 nitrogen and oxygen atoms in total. The summed E-state index contributed by atoms with van der Waals surface area (Å²) < 4.78 is 6.51. The Hall–Kier alpha value is -0.980. The minimum atomic E-state index is 0.345. The molecule has 0 aromatic heterocycles. The first-order valence-electron chi connectivity index (χ1n) is 10.9. The van der Waals surface area contributed by atoms with Crippen molar-refractivity contribution in [3.8, 4) is 5.75 Å². The van der Waals surface area contributed by atoms with Crippen LogP contribution in [-0.4, -0.2) is 6.10 Å². The van der Waals surface area contributed by atoms with Gasteiger partial charge in [0.15, 0.2) is 0 Å². The minimum Gasteiger partial charge on any atom is -0.490 e. The number of hydrogen-bond acceptors (Lipinski definition) is 1. The van der Waals surface area contributed by atoms with Gasteiger partial charge in [0.2, 0.25) is 0 Å². The van der Waals surface area contributed by atoms with Crippen LogP contribution < -0.4 is 4.74 Å². The minimum absolute atomic E-state index is 0.345. The van der Waals surface area contributed by atoms with Crippen LogP contribution in [0.3, 0.4) is 0 Å². The largest absolute Gasteiger partial charge is 0.490 e. The van der Waals surface area contributed by atoms with Crippen LogP contribution in [0.1, 0.15) is 123 Å². The van der Waals surface area contributed by atoms with Crippen LogP contribution >= 0.6 is 0 Å². The van der Waals surface area contributed by atoms with Gasteiger partial charge in [0, 0.05) is 5.56 Å². The molecule has 1 aromatic carbocycles. The average molecular weight is 361 g/mol. The molecule has 0 spiro atoms. The Morgan fingerprint density at radius 1 is 0.885 bits per heavy atom. The summed E-state index contributed by atoms with van der Waals surface area (Å²) in [5, 5.41) is 0. The SMILES string of the molecule is CCC(CCCCCCC(C)(C)C)Oc1cccc(C(C)C)c1C(C)C. The summed E-state index contributed by atoms with van der Waals surface area (Å²) >= 11 is 0. The molecule has 0 radical (unpaired) electrons. The van der Waals surface area contributed by atoms with Crippen molar-refractivity contribution in [1.29, 1.82) is 0 Å². The summed E-state index contributed by atoms with van der Waals surface area (Å²) in [5.41, 5.74) is 3.32. The number of hydrogen-bond donors (Lipinski definition) is 0. The zero-order chi connectivity index (χ0) is 19.7. The second-order valence-corrected chi connectivity index (χ2v) is 9.73. The van der Waals surface area contributed by atoms with Gasteiger partial charge in [0.1, 0.15) is 5.75 Å². The van der Waals surface area contributed by atoms with Crippen molar-refractivity contribution in [2.24, 2.45) is 5.41 Å². The van der Waals surface area contributed by atoms with Gasteiger partial charge < -0.3 is 4.74 Å². The first kappa shape index (κ1) is 23.1. The summed E-state index contributed by atoms with van der Waals surface area (Å²) in [6.45, 7) is 18.4. The zero-order valence-corrected chi connectivity index (χ0v) is 18.8. The highest BCUT2D eigenvalue weighted by molar-refractivity contribution is 5.44. The Morgan fingerprint density at radius 2 is 1.54 bits per heavy atom. The molecule has 1 atom stereocenters. The number of rotatable bonds is 11. The first-order chi connectivity index (χ1) is 12.2. The van der Waals surface area contributed by atoms with Gasteiger partial charge in [-0.25, -0.2) is 0 Å². The maximum atomic E-state index is 6.51. The lowest BCUT2D eigenvalue weighted by Gasteiger charge is -2.24. The fourth-order valence-electron chi connectivity index (χ4n) is 3.69. The quantitative estimate of drug-likeness (QED) is 0.359.